The van der Waals surface area contributed by atoms with Crippen molar-refractivity contribution in [2.45, 2.75) is 44.6 Å². The van der Waals surface area contributed by atoms with Crippen LogP contribution >= 0.6 is 0 Å². The third-order valence-corrected chi connectivity index (χ3v) is 4.19. The van der Waals surface area contributed by atoms with Gasteiger partial charge in [0.2, 0.25) is 5.91 Å². The monoisotopic (exact) mass is 265 g/mol. The van der Waals surface area contributed by atoms with Crippen LogP contribution in [0.2, 0.25) is 0 Å². The minimum absolute atomic E-state index is 0.148. The molecule has 1 amide bonds. The standard InChI is InChI=1S/C13H19N3O3/c17-8-11-14-12(15-19-11)10-5-6-16(7-10)13(18)9-3-1-2-4-9/h9-10,17H,1-8H2. The summed E-state index contributed by atoms with van der Waals surface area (Å²) in [6, 6.07) is 0. The quantitative estimate of drug-likeness (QED) is 0.884. The first-order chi connectivity index (χ1) is 9.28. The van der Waals surface area contributed by atoms with Crippen molar-refractivity contribution in [2.75, 3.05) is 13.1 Å². The molecule has 1 aliphatic heterocycles. The van der Waals surface area contributed by atoms with Gasteiger partial charge in [-0.1, -0.05) is 18.0 Å². The number of hydrogen-bond acceptors (Lipinski definition) is 5. The van der Waals surface area contributed by atoms with E-state index < -0.39 is 0 Å². The summed E-state index contributed by atoms with van der Waals surface area (Å²) in [5, 5.41) is 12.8. The second kappa shape index (κ2) is 5.28. The molecule has 0 radical (unpaired) electrons. The number of rotatable bonds is 3. The molecule has 2 fully saturated rings. The van der Waals surface area contributed by atoms with Crippen molar-refractivity contribution >= 4 is 5.91 Å². The van der Waals surface area contributed by atoms with E-state index in [9.17, 15) is 4.79 Å². The second-order valence-corrected chi connectivity index (χ2v) is 5.46. The molecule has 1 N–H and O–H groups in total. The van der Waals surface area contributed by atoms with E-state index in [0.717, 1.165) is 25.8 Å². The van der Waals surface area contributed by atoms with Gasteiger partial charge in [-0.15, -0.1) is 0 Å². The average Bonchev–Trinajstić information content (AvgIpc) is 3.17. The summed E-state index contributed by atoms with van der Waals surface area (Å²) in [5.74, 6) is 1.54. The predicted octanol–water partition coefficient (Wildman–Crippen LogP) is 1.07. The predicted molar refractivity (Wildman–Crippen MR) is 66.1 cm³/mol. The smallest absolute Gasteiger partial charge is 0.252 e. The molecule has 104 valence electrons. The van der Waals surface area contributed by atoms with Crippen LogP contribution in [0.4, 0.5) is 0 Å². The van der Waals surface area contributed by atoms with E-state index in [4.69, 9.17) is 9.63 Å². The third kappa shape index (κ3) is 2.49. The molecule has 2 heterocycles. The highest BCUT2D eigenvalue weighted by Gasteiger charge is 2.34. The summed E-state index contributed by atoms with van der Waals surface area (Å²) in [7, 11) is 0. The van der Waals surface area contributed by atoms with Crippen molar-refractivity contribution in [1.82, 2.24) is 15.0 Å². The SMILES string of the molecule is O=C(C1CCCC1)N1CCC(c2noc(CO)n2)C1. The van der Waals surface area contributed by atoms with Crippen molar-refractivity contribution in [3.05, 3.63) is 11.7 Å². The lowest BCUT2D eigenvalue weighted by Crippen LogP contribution is -2.33. The first kappa shape index (κ1) is 12.6. The van der Waals surface area contributed by atoms with Gasteiger partial charge in [0.1, 0.15) is 6.61 Å². The molecule has 19 heavy (non-hydrogen) atoms. The summed E-state index contributed by atoms with van der Waals surface area (Å²) >= 11 is 0. The summed E-state index contributed by atoms with van der Waals surface area (Å²) < 4.78 is 4.91. The van der Waals surface area contributed by atoms with Gasteiger partial charge >= 0.3 is 0 Å². The molecule has 1 unspecified atom stereocenters. The first-order valence-electron chi connectivity index (χ1n) is 7.00. The number of aliphatic hydroxyl groups excluding tert-OH is 1. The van der Waals surface area contributed by atoms with Gasteiger partial charge in [0.15, 0.2) is 5.82 Å². The van der Waals surface area contributed by atoms with Crippen LogP contribution in [-0.4, -0.2) is 39.1 Å². The largest absolute Gasteiger partial charge is 0.387 e. The molecule has 1 saturated heterocycles. The Bertz CT molecular complexity index is 454. The average molecular weight is 265 g/mol. The summed E-state index contributed by atoms with van der Waals surface area (Å²) in [6.45, 7) is 1.23. The Morgan fingerprint density at radius 2 is 2.16 bits per heavy atom. The van der Waals surface area contributed by atoms with Crippen molar-refractivity contribution in [2.24, 2.45) is 5.92 Å². The van der Waals surface area contributed by atoms with Crippen molar-refractivity contribution < 1.29 is 14.4 Å². The molecule has 1 saturated carbocycles. The zero-order valence-corrected chi connectivity index (χ0v) is 10.9. The van der Waals surface area contributed by atoms with Crippen molar-refractivity contribution in [1.29, 1.82) is 0 Å². The van der Waals surface area contributed by atoms with Gasteiger partial charge in [-0.3, -0.25) is 4.79 Å². The zero-order valence-electron chi connectivity index (χ0n) is 10.9. The molecule has 0 bridgehead atoms. The molecule has 6 nitrogen and oxygen atoms in total. The normalized spacial score (nSPS) is 24.3. The Kier molecular flexibility index (Phi) is 3.50. The van der Waals surface area contributed by atoms with Crippen LogP contribution in [0.25, 0.3) is 0 Å². The minimum atomic E-state index is -0.232. The molecule has 1 atom stereocenters. The number of likely N-dealkylation sites (tertiary alicyclic amines) is 1. The summed E-state index contributed by atoms with van der Waals surface area (Å²) in [5.41, 5.74) is 0. The van der Waals surface area contributed by atoms with E-state index in [2.05, 4.69) is 10.1 Å². The van der Waals surface area contributed by atoms with E-state index in [1.807, 2.05) is 4.90 Å². The molecule has 3 rings (SSSR count). The molecule has 1 aliphatic carbocycles. The maximum absolute atomic E-state index is 12.3. The molecule has 1 aromatic heterocycles. The molecule has 1 aromatic rings. The van der Waals surface area contributed by atoms with Gasteiger partial charge in [0.05, 0.1) is 0 Å². The van der Waals surface area contributed by atoms with Crippen LogP contribution < -0.4 is 0 Å². The number of carbonyl (C=O) groups is 1. The maximum Gasteiger partial charge on any atom is 0.252 e. The van der Waals surface area contributed by atoms with Gasteiger partial charge in [-0.25, -0.2) is 0 Å². The van der Waals surface area contributed by atoms with Gasteiger partial charge in [-0.05, 0) is 19.3 Å². The Morgan fingerprint density at radius 1 is 1.37 bits per heavy atom. The van der Waals surface area contributed by atoms with Gasteiger partial charge < -0.3 is 14.5 Å². The number of hydrogen-bond donors (Lipinski definition) is 1. The number of nitrogens with zero attached hydrogens (tertiary/aromatic N) is 3. The Morgan fingerprint density at radius 3 is 2.84 bits per heavy atom. The van der Waals surface area contributed by atoms with Crippen LogP contribution in [0.15, 0.2) is 4.52 Å². The summed E-state index contributed by atoms with van der Waals surface area (Å²) in [4.78, 5) is 18.4. The minimum Gasteiger partial charge on any atom is -0.387 e. The highest BCUT2D eigenvalue weighted by Crippen LogP contribution is 2.31. The molecular formula is C13H19N3O3. The maximum atomic E-state index is 12.3. The molecule has 6 heteroatoms. The number of aliphatic hydroxyl groups is 1. The van der Waals surface area contributed by atoms with Crippen LogP contribution in [0.5, 0.6) is 0 Å². The van der Waals surface area contributed by atoms with Crippen LogP contribution in [0, 0.1) is 5.92 Å². The number of aromatic nitrogens is 2. The molecule has 0 aromatic carbocycles. The molecule has 0 spiro atoms. The van der Waals surface area contributed by atoms with Gasteiger partial charge in [-0.2, -0.15) is 4.98 Å². The molecule has 2 aliphatic rings. The van der Waals surface area contributed by atoms with Crippen LogP contribution in [0.1, 0.15) is 49.7 Å². The van der Waals surface area contributed by atoms with Crippen LogP contribution in [0.3, 0.4) is 0 Å². The fourth-order valence-electron chi connectivity index (χ4n) is 3.10. The Labute approximate surface area is 111 Å². The Hall–Kier alpha value is -1.43. The van der Waals surface area contributed by atoms with Crippen LogP contribution in [-0.2, 0) is 11.4 Å². The highest BCUT2D eigenvalue weighted by molar-refractivity contribution is 5.79. The van der Waals surface area contributed by atoms with Crippen molar-refractivity contribution in [3.8, 4) is 0 Å². The summed E-state index contributed by atoms with van der Waals surface area (Å²) in [6.07, 6.45) is 5.31. The lowest BCUT2D eigenvalue weighted by Gasteiger charge is -2.19. The van der Waals surface area contributed by atoms with Gasteiger partial charge in [0.25, 0.3) is 5.89 Å². The number of amides is 1. The lowest BCUT2D eigenvalue weighted by molar-refractivity contribution is -0.134. The lowest BCUT2D eigenvalue weighted by atomic mass is 10.1. The van der Waals surface area contributed by atoms with E-state index in [1.54, 1.807) is 0 Å². The zero-order chi connectivity index (χ0) is 13.2. The van der Waals surface area contributed by atoms with E-state index in [-0.39, 0.29) is 24.3 Å². The van der Waals surface area contributed by atoms with E-state index in [1.165, 1.54) is 12.8 Å². The van der Waals surface area contributed by atoms with E-state index >= 15 is 0 Å². The fourth-order valence-corrected chi connectivity index (χ4v) is 3.10. The van der Waals surface area contributed by atoms with E-state index in [0.29, 0.717) is 18.3 Å². The first-order valence-corrected chi connectivity index (χ1v) is 7.00. The fraction of sp³-hybridized carbons (Fsp3) is 0.769. The highest BCUT2D eigenvalue weighted by atomic mass is 16.5. The third-order valence-electron chi connectivity index (χ3n) is 4.19. The topological polar surface area (TPSA) is 79.5 Å². The molecular weight excluding hydrogens is 246 g/mol. The second-order valence-electron chi connectivity index (χ2n) is 5.46. The van der Waals surface area contributed by atoms with Gasteiger partial charge in [0, 0.05) is 24.9 Å². The number of carbonyl (C=O) groups excluding carboxylic acids is 1. The van der Waals surface area contributed by atoms with Crippen molar-refractivity contribution in [3.63, 3.8) is 0 Å². The Balaban J connectivity index is 1.61.